The second-order valence-corrected chi connectivity index (χ2v) is 6.33. The summed E-state index contributed by atoms with van der Waals surface area (Å²) in [6.07, 6.45) is 1.39. The summed E-state index contributed by atoms with van der Waals surface area (Å²) in [6.45, 7) is 0.505. The lowest BCUT2D eigenvalue weighted by Gasteiger charge is -2.02. The van der Waals surface area contributed by atoms with E-state index >= 15 is 0 Å². The molecule has 6 nitrogen and oxygen atoms in total. The summed E-state index contributed by atoms with van der Waals surface area (Å²) in [6, 6.07) is 7.64. The molecular formula is C13H17N2O4S+. The minimum Gasteiger partial charge on any atom is -0.361 e. The van der Waals surface area contributed by atoms with Gasteiger partial charge in [-0.05, 0) is 6.42 Å². The third-order valence-corrected chi connectivity index (χ3v) is 4.09. The average molecular weight is 297 g/mol. The number of nitrogens with zero attached hydrogens (tertiary/aromatic N) is 1. The van der Waals surface area contributed by atoms with Crippen molar-refractivity contribution in [1.82, 2.24) is 0 Å². The summed E-state index contributed by atoms with van der Waals surface area (Å²) >= 11 is 0. The Morgan fingerprint density at radius 2 is 2.00 bits per heavy atom. The minimum absolute atomic E-state index is 0.269. The van der Waals surface area contributed by atoms with E-state index in [4.69, 9.17) is 10.3 Å². The molecule has 0 fully saturated rings. The predicted molar refractivity (Wildman–Crippen MR) is 74.8 cm³/mol. The van der Waals surface area contributed by atoms with E-state index < -0.39 is 16.0 Å². The molecule has 0 aliphatic carbocycles. The maximum atomic E-state index is 11.5. The van der Waals surface area contributed by atoms with Crippen LogP contribution in [-0.2, 0) is 21.3 Å². The van der Waals surface area contributed by atoms with Crippen molar-refractivity contribution in [2.75, 3.05) is 12.3 Å². The maximum Gasteiger partial charge on any atom is 0.309 e. The molecule has 1 aliphatic rings. The van der Waals surface area contributed by atoms with Gasteiger partial charge in [-0.25, -0.2) is 0 Å². The Bertz CT molecular complexity index is 665. The lowest BCUT2D eigenvalue weighted by Crippen LogP contribution is -2.30. The van der Waals surface area contributed by atoms with Crippen LogP contribution in [0, 0.1) is 0 Å². The van der Waals surface area contributed by atoms with E-state index in [-0.39, 0.29) is 5.75 Å². The normalized spacial score (nSPS) is 14.4. The van der Waals surface area contributed by atoms with Crippen LogP contribution in [0.15, 0.2) is 24.3 Å². The maximum absolute atomic E-state index is 11.5. The van der Waals surface area contributed by atoms with Gasteiger partial charge in [0, 0.05) is 18.1 Å². The lowest BCUT2D eigenvalue weighted by atomic mass is 10.1. The molecule has 108 valence electrons. The topological polar surface area (TPSA) is 100 Å². The highest BCUT2D eigenvalue weighted by Crippen LogP contribution is 2.26. The highest BCUT2D eigenvalue weighted by atomic mass is 32.2. The van der Waals surface area contributed by atoms with Gasteiger partial charge in [-0.1, -0.05) is 18.2 Å². The van der Waals surface area contributed by atoms with Crippen LogP contribution in [0.2, 0.25) is 0 Å². The number of hydrogen-bond donors (Lipinski definition) is 2. The van der Waals surface area contributed by atoms with Crippen LogP contribution in [0.25, 0.3) is 0 Å². The van der Waals surface area contributed by atoms with Crippen LogP contribution in [0.4, 0.5) is 5.69 Å². The number of primary amides is 1. The molecule has 7 heteroatoms. The molecule has 0 bridgehead atoms. The van der Waals surface area contributed by atoms with Crippen molar-refractivity contribution in [3.63, 3.8) is 0 Å². The van der Waals surface area contributed by atoms with E-state index in [0.717, 1.165) is 11.3 Å². The number of para-hydroxylation sites is 1. The zero-order chi connectivity index (χ0) is 14.8. The van der Waals surface area contributed by atoms with Crippen molar-refractivity contribution in [2.24, 2.45) is 5.73 Å². The molecule has 1 aromatic carbocycles. The molecule has 1 aliphatic heterocycles. The minimum atomic E-state index is -3.93. The largest absolute Gasteiger partial charge is 0.361 e. The molecule has 20 heavy (non-hydrogen) atoms. The standard InChI is InChI=1S/C13H16N2O4S/c14-13(16)12-9-10-5-1-2-6-11(10)15(12)7-3-4-8-20(17,18)19/h1-2,5-6H,3-4,7-9H2,(H2-,14,16,17,18,19)/p+1. The highest BCUT2D eigenvalue weighted by Gasteiger charge is 2.32. The molecule has 1 amide bonds. The number of carbonyl (C=O) groups excluding carboxylic acids is 1. The number of amides is 1. The monoisotopic (exact) mass is 297 g/mol. The molecule has 2 rings (SSSR count). The first-order valence-electron chi connectivity index (χ1n) is 6.35. The molecule has 3 N–H and O–H groups in total. The summed E-state index contributed by atoms with van der Waals surface area (Å²) in [5.41, 5.74) is 7.89. The Morgan fingerprint density at radius 1 is 1.30 bits per heavy atom. The Kier molecular flexibility index (Phi) is 4.20. The van der Waals surface area contributed by atoms with E-state index in [2.05, 4.69) is 0 Å². The molecule has 1 heterocycles. The van der Waals surface area contributed by atoms with Crippen molar-refractivity contribution in [3.8, 4) is 0 Å². The molecule has 0 atom stereocenters. The summed E-state index contributed by atoms with van der Waals surface area (Å²) < 4.78 is 31.8. The van der Waals surface area contributed by atoms with Gasteiger partial charge in [-0.3, -0.25) is 9.35 Å². The number of fused-ring (bicyclic) bond motifs is 1. The van der Waals surface area contributed by atoms with Crippen LogP contribution in [0.5, 0.6) is 0 Å². The number of unbranched alkanes of at least 4 members (excludes halogenated alkanes) is 1. The van der Waals surface area contributed by atoms with Crippen LogP contribution in [0.1, 0.15) is 18.4 Å². The predicted octanol–water partition coefficient (Wildman–Crippen LogP) is 0.481. The Hall–Kier alpha value is -1.73. The first-order chi connectivity index (χ1) is 9.38. The second kappa shape index (κ2) is 5.72. The third kappa shape index (κ3) is 3.43. The van der Waals surface area contributed by atoms with Crippen molar-refractivity contribution in [1.29, 1.82) is 0 Å². The first-order valence-corrected chi connectivity index (χ1v) is 7.95. The van der Waals surface area contributed by atoms with Crippen LogP contribution >= 0.6 is 0 Å². The number of nitrogens with two attached hydrogens (primary N) is 1. The van der Waals surface area contributed by atoms with Gasteiger partial charge < -0.3 is 5.73 Å². The summed E-state index contributed by atoms with van der Waals surface area (Å²) in [4.78, 5) is 11.5. The van der Waals surface area contributed by atoms with Gasteiger partial charge in [0.1, 0.15) is 6.54 Å². The van der Waals surface area contributed by atoms with Gasteiger partial charge in [0.05, 0.1) is 12.2 Å². The molecule has 0 spiro atoms. The van der Waals surface area contributed by atoms with Crippen molar-refractivity contribution in [3.05, 3.63) is 29.8 Å². The molecular weight excluding hydrogens is 280 g/mol. The lowest BCUT2D eigenvalue weighted by molar-refractivity contribution is -0.437. The number of hydrogen-bond acceptors (Lipinski definition) is 3. The molecule has 0 unspecified atom stereocenters. The Labute approximate surface area is 117 Å². The fraction of sp³-hybridized carbons (Fsp3) is 0.385. The SMILES string of the molecule is NC(=O)C1=[N+](CCCCS(=O)(=O)O)c2ccccc2C1. The first kappa shape index (κ1) is 14.7. The average Bonchev–Trinajstić information content (AvgIpc) is 2.72. The van der Waals surface area contributed by atoms with Crippen molar-refractivity contribution in [2.45, 2.75) is 19.3 Å². The van der Waals surface area contributed by atoms with Crippen molar-refractivity contribution < 1.29 is 22.3 Å². The van der Waals surface area contributed by atoms with Gasteiger partial charge in [0.2, 0.25) is 5.69 Å². The van der Waals surface area contributed by atoms with Crippen LogP contribution in [-0.4, -0.2) is 41.5 Å². The van der Waals surface area contributed by atoms with Crippen LogP contribution < -0.4 is 5.73 Å². The fourth-order valence-corrected chi connectivity index (χ4v) is 2.94. The highest BCUT2D eigenvalue weighted by molar-refractivity contribution is 7.85. The van der Waals surface area contributed by atoms with Gasteiger partial charge in [-0.2, -0.15) is 13.0 Å². The second-order valence-electron chi connectivity index (χ2n) is 4.76. The number of carbonyl (C=O) groups is 1. The molecule has 0 aromatic heterocycles. The molecule has 0 saturated carbocycles. The van der Waals surface area contributed by atoms with Crippen LogP contribution in [0.3, 0.4) is 0 Å². The number of benzene rings is 1. The van der Waals surface area contributed by atoms with E-state index in [1.165, 1.54) is 0 Å². The Morgan fingerprint density at radius 3 is 2.65 bits per heavy atom. The summed E-state index contributed by atoms with van der Waals surface area (Å²) in [7, 11) is -3.93. The zero-order valence-electron chi connectivity index (χ0n) is 10.9. The molecule has 0 saturated heterocycles. The van der Waals surface area contributed by atoms with Gasteiger partial charge in [0.15, 0.2) is 0 Å². The van der Waals surface area contributed by atoms with E-state index in [1.807, 2.05) is 28.8 Å². The number of rotatable bonds is 6. The van der Waals surface area contributed by atoms with E-state index in [9.17, 15) is 13.2 Å². The molecule has 1 aromatic rings. The molecule has 0 radical (unpaired) electrons. The van der Waals surface area contributed by atoms with Crippen molar-refractivity contribution >= 4 is 27.4 Å². The van der Waals surface area contributed by atoms with Gasteiger partial charge >= 0.3 is 5.91 Å². The Balaban J connectivity index is 2.10. The zero-order valence-corrected chi connectivity index (χ0v) is 11.8. The third-order valence-electron chi connectivity index (χ3n) is 3.28. The van der Waals surface area contributed by atoms with E-state index in [1.54, 1.807) is 0 Å². The smallest absolute Gasteiger partial charge is 0.309 e. The summed E-state index contributed by atoms with van der Waals surface area (Å²) in [5, 5.41) is 0. The quantitative estimate of drug-likeness (QED) is 0.453. The van der Waals surface area contributed by atoms with Gasteiger partial charge in [0.25, 0.3) is 15.8 Å². The summed E-state index contributed by atoms with van der Waals surface area (Å²) in [5.74, 6) is -0.732. The fourth-order valence-electron chi connectivity index (χ4n) is 2.37. The van der Waals surface area contributed by atoms with E-state index in [0.29, 0.717) is 31.5 Å². The van der Waals surface area contributed by atoms with Gasteiger partial charge in [-0.15, -0.1) is 0 Å².